The van der Waals surface area contributed by atoms with E-state index < -0.39 is 0 Å². The van der Waals surface area contributed by atoms with Crippen molar-refractivity contribution in [2.24, 2.45) is 0 Å². The van der Waals surface area contributed by atoms with Crippen molar-refractivity contribution >= 4 is 17.2 Å². The first-order valence-electron chi connectivity index (χ1n) is 9.77. The lowest BCUT2D eigenvalue weighted by Gasteiger charge is -2.34. The van der Waals surface area contributed by atoms with Crippen LogP contribution in [-0.4, -0.2) is 57.7 Å². The molecule has 146 valence electrons. The molecule has 29 heavy (non-hydrogen) atoms. The molecule has 1 saturated heterocycles. The summed E-state index contributed by atoms with van der Waals surface area (Å²) in [5.74, 6) is 0.571. The van der Waals surface area contributed by atoms with Crippen molar-refractivity contribution < 1.29 is 0 Å². The van der Waals surface area contributed by atoms with Crippen LogP contribution in [0.3, 0.4) is 0 Å². The van der Waals surface area contributed by atoms with E-state index in [0.717, 1.165) is 54.1 Å². The number of hydrogen-bond acceptors (Lipinski definition) is 6. The van der Waals surface area contributed by atoms with Crippen LogP contribution in [0.5, 0.6) is 0 Å². The lowest BCUT2D eigenvalue weighted by Crippen LogP contribution is -2.44. The minimum absolute atomic E-state index is 0.571. The summed E-state index contributed by atoms with van der Waals surface area (Å²) in [6, 6.07) is 12.5. The van der Waals surface area contributed by atoms with Crippen LogP contribution in [0.25, 0.3) is 27.9 Å². The van der Waals surface area contributed by atoms with Crippen molar-refractivity contribution in [3.8, 4) is 22.3 Å². The second-order valence-corrected chi connectivity index (χ2v) is 7.42. The van der Waals surface area contributed by atoms with Crippen LogP contribution >= 0.6 is 0 Å². The number of likely N-dealkylation sites (N-methyl/N-ethyl adjacent to an activating group) is 1. The van der Waals surface area contributed by atoms with Gasteiger partial charge in [0.2, 0.25) is 0 Å². The molecule has 0 amide bonds. The zero-order chi connectivity index (χ0) is 19.8. The molecule has 0 atom stereocenters. The van der Waals surface area contributed by atoms with Crippen molar-refractivity contribution in [3.63, 3.8) is 0 Å². The summed E-state index contributed by atoms with van der Waals surface area (Å²) < 4.78 is 1.71. The molecule has 4 aromatic rings. The Balaban J connectivity index is 1.47. The quantitative estimate of drug-likeness (QED) is 0.584. The monoisotopic (exact) mass is 385 g/mol. The van der Waals surface area contributed by atoms with Gasteiger partial charge in [-0.15, -0.1) is 0 Å². The summed E-state index contributed by atoms with van der Waals surface area (Å²) in [4.78, 5) is 13.5. The molecule has 0 radical (unpaired) electrons. The second-order valence-electron chi connectivity index (χ2n) is 7.42. The number of nitrogen functional groups attached to an aromatic ring is 1. The van der Waals surface area contributed by atoms with E-state index in [1.54, 1.807) is 16.9 Å². The van der Waals surface area contributed by atoms with Crippen LogP contribution < -0.4 is 10.6 Å². The highest BCUT2D eigenvalue weighted by Gasteiger charge is 2.16. The Kier molecular flexibility index (Phi) is 4.37. The Labute approximate surface area is 169 Å². The molecule has 0 unspecified atom stereocenters. The summed E-state index contributed by atoms with van der Waals surface area (Å²) in [7, 11) is 2.17. The van der Waals surface area contributed by atoms with E-state index in [9.17, 15) is 0 Å². The van der Waals surface area contributed by atoms with E-state index in [1.807, 2.05) is 24.5 Å². The van der Waals surface area contributed by atoms with Gasteiger partial charge >= 0.3 is 0 Å². The van der Waals surface area contributed by atoms with Crippen molar-refractivity contribution in [1.82, 2.24) is 24.5 Å². The Morgan fingerprint density at radius 1 is 0.828 bits per heavy atom. The van der Waals surface area contributed by atoms with Gasteiger partial charge in [0.25, 0.3) is 0 Å². The average molecular weight is 385 g/mol. The van der Waals surface area contributed by atoms with Gasteiger partial charge in [0.1, 0.15) is 5.82 Å². The number of anilines is 2. The number of nitrogens with two attached hydrogens (primary N) is 1. The van der Waals surface area contributed by atoms with Gasteiger partial charge in [0, 0.05) is 61.6 Å². The number of rotatable bonds is 3. The topological polar surface area (TPSA) is 75.6 Å². The Bertz CT molecular complexity index is 1130. The smallest absolute Gasteiger partial charge is 0.165 e. The van der Waals surface area contributed by atoms with E-state index in [-0.39, 0.29) is 0 Å². The maximum absolute atomic E-state index is 6.40. The highest BCUT2D eigenvalue weighted by atomic mass is 15.3. The summed E-state index contributed by atoms with van der Waals surface area (Å²) in [5, 5.41) is 4.50. The summed E-state index contributed by atoms with van der Waals surface area (Å²) >= 11 is 0. The summed E-state index contributed by atoms with van der Waals surface area (Å²) in [5.41, 5.74) is 12.3. The van der Waals surface area contributed by atoms with Gasteiger partial charge in [0.15, 0.2) is 5.65 Å². The fourth-order valence-electron chi connectivity index (χ4n) is 3.82. The molecule has 4 heterocycles. The molecule has 0 saturated carbocycles. The highest BCUT2D eigenvalue weighted by molar-refractivity contribution is 5.82. The zero-order valence-corrected chi connectivity index (χ0v) is 16.4. The number of nitrogens with zero attached hydrogens (tertiary/aromatic N) is 6. The number of benzene rings is 1. The van der Waals surface area contributed by atoms with E-state index >= 15 is 0 Å². The van der Waals surface area contributed by atoms with Crippen LogP contribution in [-0.2, 0) is 0 Å². The second kappa shape index (κ2) is 7.18. The lowest BCUT2D eigenvalue weighted by molar-refractivity contribution is 0.313. The molecule has 1 aliphatic heterocycles. The number of piperazine rings is 1. The molecule has 0 spiro atoms. The van der Waals surface area contributed by atoms with E-state index in [0.29, 0.717) is 5.82 Å². The molecule has 1 aliphatic rings. The number of hydrogen-bond donors (Lipinski definition) is 1. The Hall–Kier alpha value is -3.45. The standard InChI is InChI=1S/C22H23N7/c1-27-10-12-28(13-11-27)18-4-2-16(3-5-18)20-15-26-29-21(23)19(14-25-22(20)29)17-6-8-24-9-7-17/h2-9,14-15H,10-13,23H2,1H3. The highest BCUT2D eigenvalue weighted by Crippen LogP contribution is 2.30. The molecule has 5 rings (SSSR count). The van der Waals surface area contributed by atoms with Crippen molar-refractivity contribution in [1.29, 1.82) is 0 Å². The van der Waals surface area contributed by atoms with Gasteiger partial charge in [-0.1, -0.05) is 12.1 Å². The molecule has 0 bridgehead atoms. The minimum Gasteiger partial charge on any atom is -0.383 e. The van der Waals surface area contributed by atoms with Crippen LogP contribution in [0.4, 0.5) is 11.5 Å². The number of pyridine rings is 1. The van der Waals surface area contributed by atoms with E-state index in [4.69, 9.17) is 5.73 Å². The first-order valence-corrected chi connectivity index (χ1v) is 9.77. The molecule has 0 aliphatic carbocycles. The van der Waals surface area contributed by atoms with E-state index in [2.05, 4.69) is 56.2 Å². The minimum atomic E-state index is 0.571. The van der Waals surface area contributed by atoms with Crippen molar-refractivity contribution in [3.05, 3.63) is 61.2 Å². The molecule has 7 nitrogen and oxygen atoms in total. The van der Waals surface area contributed by atoms with Gasteiger partial charge in [0.05, 0.1) is 6.20 Å². The molecule has 7 heteroatoms. The van der Waals surface area contributed by atoms with Crippen LogP contribution in [0.15, 0.2) is 61.2 Å². The third-order valence-corrected chi connectivity index (χ3v) is 5.60. The fraction of sp³-hybridized carbons (Fsp3) is 0.227. The number of aromatic nitrogens is 4. The van der Waals surface area contributed by atoms with Gasteiger partial charge in [-0.25, -0.2) is 4.98 Å². The lowest BCUT2D eigenvalue weighted by atomic mass is 10.1. The maximum atomic E-state index is 6.40. The SMILES string of the molecule is CN1CCN(c2ccc(-c3cnn4c(N)c(-c5ccncc5)cnc34)cc2)CC1. The zero-order valence-electron chi connectivity index (χ0n) is 16.4. The van der Waals surface area contributed by atoms with Gasteiger partial charge in [-0.05, 0) is 42.4 Å². The largest absolute Gasteiger partial charge is 0.383 e. The summed E-state index contributed by atoms with van der Waals surface area (Å²) in [6.45, 7) is 4.31. The number of fused-ring (bicyclic) bond motifs is 1. The van der Waals surface area contributed by atoms with E-state index in [1.165, 1.54) is 5.69 Å². The van der Waals surface area contributed by atoms with Crippen LogP contribution in [0.2, 0.25) is 0 Å². The van der Waals surface area contributed by atoms with Crippen LogP contribution in [0.1, 0.15) is 0 Å². The van der Waals surface area contributed by atoms with Crippen molar-refractivity contribution in [2.45, 2.75) is 0 Å². The molecule has 1 fully saturated rings. The van der Waals surface area contributed by atoms with Crippen LogP contribution in [0, 0.1) is 0 Å². The molecular weight excluding hydrogens is 362 g/mol. The van der Waals surface area contributed by atoms with Gasteiger partial charge in [-0.2, -0.15) is 9.61 Å². The summed E-state index contributed by atoms with van der Waals surface area (Å²) in [6.07, 6.45) is 7.13. The van der Waals surface area contributed by atoms with Gasteiger partial charge < -0.3 is 15.5 Å². The normalized spacial score (nSPS) is 15.1. The first kappa shape index (κ1) is 17.6. The van der Waals surface area contributed by atoms with Gasteiger partial charge in [-0.3, -0.25) is 4.98 Å². The first-order chi connectivity index (χ1) is 14.2. The predicted octanol–water partition coefficient (Wildman–Crippen LogP) is 2.79. The molecular formula is C22H23N7. The third-order valence-electron chi connectivity index (χ3n) is 5.60. The Morgan fingerprint density at radius 2 is 1.52 bits per heavy atom. The average Bonchev–Trinajstić information content (AvgIpc) is 3.20. The molecule has 3 aromatic heterocycles. The molecule has 1 aromatic carbocycles. The fourth-order valence-corrected chi connectivity index (χ4v) is 3.82. The maximum Gasteiger partial charge on any atom is 0.165 e. The van der Waals surface area contributed by atoms with Crippen molar-refractivity contribution in [2.75, 3.05) is 43.9 Å². The Morgan fingerprint density at radius 3 is 2.24 bits per heavy atom. The predicted molar refractivity (Wildman–Crippen MR) is 116 cm³/mol. The third kappa shape index (κ3) is 3.19. The molecule has 2 N–H and O–H groups in total.